The van der Waals surface area contributed by atoms with E-state index in [4.69, 9.17) is 0 Å². The van der Waals surface area contributed by atoms with Crippen LogP contribution in [-0.4, -0.2) is 27.6 Å². The van der Waals surface area contributed by atoms with Gasteiger partial charge in [-0.15, -0.1) is 17.9 Å². The number of aromatic hydroxyl groups is 2. The molecule has 0 aliphatic carbocycles. The van der Waals surface area contributed by atoms with Crippen LogP contribution in [0.15, 0.2) is 70.6 Å². The van der Waals surface area contributed by atoms with Gasteiger partial charge in [0, 0.05) is 16.5 Å². The smallest absolute Gasteiger partial charge is 0.206 e. The molecule has 26 heavy (non-hydrogen) atoms. The van der Waals surface area contributed by atoms with E-state index in [-0.39, 0.29) is 17.3 Å². The lowest BCUT2D eigenvalue weighted by molar-refractivity contribution is 0.403. The van der Waals surface area contributed by atoms with Crippen LogP contribution in [-0.2, 0) is 0 Å². The lowest BCUT2D eigenvalue weighted by Crippen LogP contribution is -2.12. The molecular formula is C19H16FN3O2S. The van der Waals surface area contributed by atoms with Crippen molar-refractivity contribution >= 4 is 17.6 Å². The predicted octanol–water partition coefficient (Wildman–Crippen LogP) is 3.74. The standard InChI is InChI=1S/C19H16FN3O2S/c1-2-10-21-19-23(22-11-13-6-5-9-17(24)18(13)25)16(12-26-19)14-7-3-4-8-15(14)20/h2-9,11-12,24-25H,1,10H2/b21-19?,22-11+. The molecule has 0 radical (unpaired) electrons. The highest BCUT2D eigenvalue weighted by Crippen LogP contribution is 2.27. The Bertz CT molecular complexity index is 1040. The molecular weight excluding hydrogens is 353 g/mol. The lowest BCUT2D eigenvalue weighted by Gasteiger charge is -2.05. The Morgan fingerprint density at radius 3 is 2.73 bits per heavy atom. The van der Waals surface area contributed by atoms with Gasteiger partial charge < -0.3 is 10.2 Å². The first-order valence-electron chi connectivity index (χ1n) is 7.74. The van der Waals surface area contributed by atoms with Crippen molar-refractivity contribution in [1.82, 2.24) is 4.68 Å². The predicted molar refractivity (Wildman–Crippen MR) is 101 cm³/mol. The highest BCUT2D eigenvalue weighted by atomic mass is 32.1. The fourth-order valence-electron chi connectivity index (χ4n) is 2.29. The maximum absolute atomic E-state index is 14.2. The number of nitrogens with zero attached hydrogens (tertiary/aromatic N) is 3. The Morgan fingerprint density at radius 2 is 1.96 bits per heavy atom. The van der Waals surface area contributed by atoms with Gasteiger partial charge in [0.15, 0.2) is 11.5 Å². The summed E-state index contributed by atoms with van der Waals surface area (Å²) in [6, 6.07) is 11.0. The van der Waals surface area contributed by atoms with Crippen molar-refractivity contribution in [1.29, 1.82) is 0 Å². The van der Waals surface area contributed by atoms with Crippen LogP contribution in [0.25, 0.3) is 11.3 Å². The molecule has 0 saturated heterocycles. The maximum atomic E-state index is 14.2. The van der Waals surface area contributed by atoms with Crippen LogP contribution in [0.2, 0.25) is 0 Å². The average Bonchev–Trinajstić information content (AvgIpc) is 3.04. The third-order valence-electron chi connectivity index (χ3n) is 3.55. The van der Waals surface area contributed by atoms with Crippen LogP contribution in [0, 0.1) is 5.82 Å². The zero-order chi connectivity index (χ0) is 18.5. The van der Waals surface area contributed by atoms with Crippen LogP contribution in [0.1, 0.15) is 5.56 Å². The molecule has 2 N–H and O–H groups in total. The molecule has 5 nitrogen and oxygen atoms in total. The van der Waals surface area contributed by atoms with E-state index < -0.39 is 0 Å². The number of phenols is 2. The molecule has 0 fully saturated rings. The third-order valence-corrected chi connectivity index (χ3v) is 4.40. The first-order valence-corrected chi connectivity index (χ1v) is 8.62. The summed E-state index contributed by atoms with van der Waals surface area (Å²) >= 11 is 1.32. The molecule has 0 unspecified atom stereocenters. The van der Waals surface area contributed by atoms with Gasteiger partial charge in [0.1, 0.15) is 5.82 Å². The summed E-state index contributed by atoms with van der Waals surface area (Å²) in [5.74, 6) is -0.885. The molecule has 0 aliphatic heterocycles. The Labute approximate surface area is 153 Å². The van der Waals surface area contributed by atoms with E-state index in [1.54, 1.807) is 41.8 Å². The van der Waals surface area contributed by atoms with E-state index >= 15 is 0 Å². The van der Waals surface area contributed by atoms with E-state index in [0.717, 1.165) is 0 Å². The largest absolute Gasteiger partial charge is 0.504 e. The minimum Gasteiger partial charge on any atom is -0.504 e. The SMILES string of the molecule is C=CCN=c1scc(-c2ccccc2F)n1/N=C/c1cccc(O)c1O. The Kier molecular flexibility index (Phi) is 5.28. The number of para-hydroxylation sites is 1. The Morgan fingerprint density at radius 1 is 1.15 bits per heavy atom. The number of hydrogen-bond donors (Lipinski definition) is 2. The molecule has 0 bridgehead atoms. The van der Waals surface area contributed by atoms with Crippen molar-refractivity contribution in [2.75, 3.05) is 6.54 Å². The number of rotatable bonds is 5. The van der Waals surface area contributed by atoms with Crippen molar-refractivity contribution < 1.29 is 14.6 Å². The number of hydrogen-bond acceptors (Lipinski definition) is 5. The first kappa shape index (κ1) is 17.6. The van der Waals surface area contributed by atoms with E-state index in [9.17, 15) is 14.6 Å². The molecule has 3 rings (SSSR count). The quantitative estimate of drug-likeness (QED) is 0.409. The van der Waals surface area contributed by atoms with Crippen LogP contribution in [0.5, 0.6) is 11.5 Å². The van der Waals surface area contributed by atoms with Gasteiger partial charge in [-0.2, -0.15) is 5.10 Å². The second-order valence-electron chi connectivity index (χ2n) is 5.28. The molecule has 0 spiro atoms. The summed E-state index contributed by atoms with van der Waals surface area (Å²) in [6.07, 6.45) is 3.04. The molecule has 3 aromatic rings. The summed E-state index contributed by atoms with van der Waals surface area (Å²) in [7, 11) is 0. The highest BCUT2D eigenvalue weighted by Gasteiger charge is 2.11. The van der Waals surface area contributed by atoms with E-state index in [1.165, 1.54) is 34.4 Å². The van der Waals surface area contributed by atoms with E-state index in [0.29, 0.717) is 28.2 Å². The van der Waals surface area contributed by atoms with Gasteiger partial charge >= 0.3 is 0 Å². The van der Waals surface area contributed by atoms with Crippen LogP contribution < -0.4 is 4.80 Å². The van der Waals surface area contributed by atoms with Gasteiger partial charge in [0.05, 0.1) is 18.5 Å². The summed E-state index contributed by atoms with van der Waals surface area (Å²) in [4.78, 5) is 4.92. The van der Waals surface area contributed by atoms with Crippen molar-refractivity contribution in [3.05, 3.63) is 76.7 Å². The number of halogens is 1. The fraction of sp³-hybridized carbons (Fsp3) is 0.0526. The topological polar surface area (TPSA) is 70.1 Å². The summed E-state index contributed by atoms with van der Waals surface area (Å²) in [5.41, 5.74) is 1.26. The monoisotopic (exact) mass is 369 g/mol. The second kappa shape index (κ2) is 7.79. The summed E-state index contributed by atoms with van der Waals surface area (Å²) < 4.78 is 15.7. The zero-order valence-electron chi connectivity index (χ0n) is 13.7. The van der Waals surface area contributed by atoms with Gasteiger partial charge in [-0.05, 0) is 24.3 Å². The second-order valence-corrected chi connectivity index (χ2v) is 6.12. The number of benzene rings is 2. The number of thiazole rings is 1. The minimum absolute atomic E-state index is 0.241. The fourth-order valence-corrected chi connectivity index (χ4v) is 3.13. The van der Waals surface area contributed by atoms with Crippen molar-refractivity contribution in [3.63, 3.8) is 0 Å². The zero-order valence-corrected chi connectivity index (χ0v) is 14.5. The van der Waals surface area contributed by atoms with Crippen LogP contribution >= 0.6 is 11.3 Å². The first-order chi connectivity index (χ1) is 12.6. The molecule has 0 aliphatic rings. The van der Waals surface area contributed by atoms with E-state index in [1.807, 2.05) is 0 Å². The average molecular weight is 369 g/mol. The maximum Gasteiger partial charge on any atom is 0.206 e. The van der Waals surface area contributed by atoms with Crippen molar-refractivity contribution in [3.8, 4) is 22.8 Å². The van der Waals surface area contributed by atoms with Gasteiger partial charge in [0.25, 0.3) is 0 Å². The number of aromatic nitrogens is 1. The van der Waals surface area contributed by atoms with Crippen LogP contribution in [0.4, 0.5) is 4.39 Å². The molecule has 1 heterocycles. The molecule has 1 aromatic heterocycles. The summed E-state index contributed by atoms with van der Waals surface area (Å²) in [5, 5.41) is 25.6. The molecule has 0 saturated carbocycles. The van der Waals surface area contributed by atoms with Gasteiger partial charge in [-0.3, -0.25) is 4.99 Å². The molecule has 132 valence electrons. The molecule has 0 atom stereocenters. The van der Waals surface area contributed by atoms with Crippen molar-refractivity contribution in [2.45, 2.75) is 0 Å². The lowest BCUT2D eigenvalue weighted by atomic mass is 10.1. The molecule has 0 amide bonds. The molecule has 2 aromatic carbocycles. The summed E-state index contributed by atoms with van der Waals surface area (Å²) in [6.45, 7) is 4.03. The minimum atomic E-state index is -0.371. The van der Waals surface area contributed by atoms with Crippen LogP contribution in [0.3, 0.4) is 0 Å². The Hall–Kier alpha value is -3.19. The van der Waals surface area contributed by atoms with Crippen molar-refractivity contribution in [2.24, 2.45) is 10.1 Å². The molecule has 7 heteroatoms. The van der Waals surface area contributed by atoms with E-state index in [2.05, 4.69) is 16.7 Å². The Balaban J connectivity index is 2.13. The highest BCUT2D eigenvalue weighted by molar-refractivity contribution is 7.07. The third kappa shape index (κ3) is 3.57. The van der Waals surface area contributed by atoms with Gasteiger partial charge in [-0.1, -0.05) is 24.3 Å². The normalized spacial score (nSPS) is 12.0. The van der Waals surface area contributed by atoms with Gasteiger partial charge in [0.2, 0.25) is 4.80 Å². The van der Waals surface area contributed by atoms with Gasteiger partial charge in [-0.25, -0.2) is 9.07 Å². The number of phenolic OH excluding ortho intramolecular Hbond substituents is 2.